The third kappa shape index (κ3) is 2.14. The molecule has 0 aliphatic rings. The van der Waals surface area contributed by atoms with Crippen molar-refractivity contribution in [3.05, 3.63) is 41.0 Å². The van der Waals surface area contributed by atoms with Gasteiger partial charge in [0.15, 0.2) is 0 Å². The van der Waals surface area contributed by atoms with Gasteiger partial charge in [-0.3, -0.25) is 0 Å². The van der Waals surface area contributed by atoms with Gasteiger partial charge < -0.3 is 5.73 Å². The van der Waals surface area contributed by atoms with Crippen LogP contribution < -0.4 is 5.73 Å². The molecule has 0 unspecified atom stereocenters. The van der Waals surface area contributed by atoms with Crippen molar-refractivity contribution in [3.8, 4) is 18.4 Å². The van der Waals surface area contributed by atoms with Crippen LogP contribution in [0.5, 0.6) is 0 Å². The summed E-state index contributed by atoms with van der Waals surface area (Å²) in [4.78, 5) is 0. The average Bonchev–Trinajstić information content (AvgIpc) is 2.35. The van der Waals surface area contributed by atoms with Crippen molar-refractivity contribution in [1.29, 1.82) is 5.26 Å². The Labute approximate surface area is 113 Å². The number of nitrogens with two attached hydrogens (primary N) is 1. The van der Waals surface area contributed by atoms with Crippen LogP contribution in [0.3, 0.4) is 0 Å². The molecule has 0 atom stereocenters. The molecule has 0 heterocycles. The number of rotatable bonds is 0. The molecule has 0 saturated carbocycles. The smallest absolute Gasteiger partial charge is 0.100 e. The molecule has 19 heavy (non-hydrogen) atoms. The molecule has 0 amide bonds. The van der Waals surface area contributed by atoms with E-state index in [4.69, 9.17) is 12.2 Å². The van der Waals surface area contributed by atoms with Gasteiger partial charge in [-0.25, -0.2) is 0 Å². The van der Waals surface area contributed by atoms with Crippen molar-refractivity contribution < 1.29 is 0 Å². The monoisotopic (exact) mass is 248 g/mol. The van der Waals surface area contributed by atoms with Crippen molar-refractivity contribution >= 4 is 16.5 Å². The van der Waals surface area contributed by atoms with Crippen LogP contribution >= 0.6 is 0 Å². The van der Waals surface area contributed by atoms with Crippen LogP contribution in [-0.4, -0.2) is 0 Å². The second kappa shape index (κ2) is 4.34. The first-order chi connectivity index (χ1) is 8.88. The molecule has 0 aliphatic carbocycles. The maximum absolute atomic E-state index is 9.19. The second-order valence-corrected chi connectivity index (χ2v) is 5.66. The number of nitriles is 1. The Morgan fingerprint density at radius 2 is 1.89 bits per heavy atom. The standard InChI is InChI=1S/C17H16N2/c1-5-14-12(10-18)7-6-11-8-13(19)9-15(16(11)14)17(2,3)4/h1,6-9H,19H2,2-4H3. The zero-order valence-corrected chi connectivity index (χ0v) is 11.4. The summed E-state index contributed by atoms with van der Waals surface area (Å²) in [5.41, 5.74) is 8.86. The van der Waals surface area contributed by atoms with Gasteiger partial charge in [0, 0.05) is 11.1 Å². The largest absolute Gasteiger partial charge is 0.399 e. The number of hydrogen-bond acceptors (Lipinski definition) is 2. The zero-order valence-electron chi connectivity index (χ0n) is 11.4. The van der Waals surface area contributed by atoms with Crippen LogP contribution in [0.15, 0.2) is 24.3 Å². The van der Waals surface area contributed by atoms with Gasteiger partial charge in [0.1, 0.15) is 6.07 Å². The number of hydrogen-bond donors (Lipinski definition) is 1. The highest BCUT2D eigenvalue weighted by Gasteiger charge is 2.20. The zero-order chi connectivity index (χ0) is 14.2. The summed E-state index contributed by atoms with van der Waals surface area (Å²) < 4.78 is 0. The predicted molar refractivity (Wildman–Crippen MR) is 79.7 cm³/mol. The molecule has 0 aliphatic heterocycles. The highest BCUT2D eigenvalue weighted by molar-refractivity contribution is 5.95. The molecule has 2 heteroatoms. The van der Waals surface area contributed by atoms with E-state index in [-0.39, 0.29) is 5.41 Å². The van der Waals surface area contributed by atoms with Crippen molar-refractivity contribution in [2.75, 3.05) is 5.73 Å². The predicted octanol–water partition coefficient (Wildman–Crippen LogP) is 3.57. The van der Waals surface area contributed by atoms with Crippen LogP contribution in [0.1, 0.15) is 37.5 Å². The summed E-state index contributed by atoms with van der Waals surface area (Å²) in [6.07, 6.45) is 5.61. The van der Waals surface area contributed by atoms with Crippen LogP contribution in [-0.2, 0) is 5.41 Å². The Morgan fingerprint density at radius 3 is 2.42 bits per heavy atom. The van der Waals surface area contributed by atoms with E-state index in [1.807, 2.05) is 18.2 Å². The van der Waals surface area contributed by atoms with Crippen molar-refractivity contribution in [2.24, 2.45) is 0 Å². The van der Waals surface area contributed by atoms with Gasteiger partial charge in [0.25, 0.3) is 0 Å². The number of nitrogen functional groups attached to an aromatic ring is 1. The van der Waals surface area contributed by atoms with E-state index >= 15 is 0 Å². The summed E-state index contributed by atoms with van der Waals surface area (Å²) in [5, 5.41) is 11.1. The fourth-order valence-electron chi connectivity index (χ4n) is 2.32. The molecule has 0 bridgehead atoms. The van der Waals surface area contributed by atoms with E-state index in [1.165, 1.54) is 0 Å². The Balaban J connectivity index is 3.05. The molecular weight excluding hydrogens is 232 g/mol. The van der Waals surface area contributed by atoms with Crippen molar-refractivity contribution in [3.63, 3.8) is 0 Å². The topological polar surface area (TPSA) is 49.8 Å². The van der Waals surface area contributed by atoms with E-state index in [2.05, 4.69) is 32.8 Å². The molecule has 2 rings (SSSR count). The lowest BCUT2D eigenvalue weighted by Gasteiger charge is -2.23. The van der Waals surface area contributed by atoms with Crippen LogP contribution in [0.2, 0.25) is 0 Å². The summed E-state index contributed by atoms with van der Waals surface area (Å²) in [6.45, 7) is 6.33. The van der Waals surface area contributed by atoms with Crippen LogP contribution in [0.25, 0.3) is 10.8 Å². The minimum Gasteiger partial charge on any atom is -0.399 e. The molecule has 0 radical (unpaired) electrons. The van der Waals surface area contributed by atoms with Crippen LogP contribution in [0.4, 0.5) is 5.69 Å². The molecule has 0 saturated heterocycles. The van der Waals surface area contributed by atoms with E-state index in [0.717, 1.165) is 16.3 Å². The highest BCUT2D eigenvalue weighted by atomic mass is 14.5. The summed E-state index contributed by atoms with van der Waals surface area (Å²) in [6, 6.07) is 9.66. The number of terminal acetylenes is 1. The van der Waals surface area contributed by atoms with Crippen LogP contribution in [0, 0.1) is 23.7 Å². The average molecular weight is 248 g/mol. The molecule has 2 nitrogen and oxygen atoms in total. The molecule has 2 N–H and O–H groups in total. The van der Waals surface area contributed by atoms with Gasteiger partial charge in [0.2, 0.25) is 0 Å². The first-order valence-electron chi connectivity index (χ1n) is 6.12. The Morgan fingerprint density at radius 1 is 1.21 bits per heavy atom. The summed E-state index contributed by atoms with van der Waals surface area (Å²) in [7, 11) is 0. The SMILES string of the molecule is C#Cc1c(C#N)ccc2cc(N)cc(C(C)(C)C)c12. The number of anilines is 1. The Kier molecular flexibility index (Phi) is 2.97. The minimum atomic E-state index is -0.0900. The fourth-order valence-corrected chi connectivity index (χ4v) is 2.32. The molecule has 0 aromatic heterocycles. The molecular formula is C17H16N2. The van der Waals surface area contributed by atoms with Gasteiger partial charge in [-0.2, -0.15) is 5.26 Å². The van der Waals surface area contributed by atoms with Crippen molar-refractivity contribution in [2.45, 2.75) is 26.2 Å². The third-order valence-corrected chi connectivity index (χ3v) is 3.21. The van der Waals surface area contributed by atoms with Crippen molar-refractivity contribution in [1.82, 2.24) is 0 Å². The molecule has 2 aromatic carbocycles. The summed E-state index contributed by atoms with van der Waals surface area (Å²) in [5.74, 6) is 2.66. The summed E-state index contributed by atoms with van der Waals surface area (Å²) >= 11 is 0. The first-order valence-corrected chi connectivity index (χ1v) is 6.12. The lowest BCUT2D eigenvalue weighted by molar-refractivity contribution is 0.596. The first kappa shape index (κ1) is 13.0. The Hall–Kier alpha value is -2.45. The maximum atomic E-state index is 9.19. The van der Waals surface area contributed by atoms with Gasteiger partial charge in [-0.1, -0.05) is 32.8 Å². The molecule has 2 aromatic rings. The molecule has 0 fully saturated rings. The van der Waals surface area contributed by atoms with Gasteiger partial charge >= 0.3 is 0 Å². The normalized spacial score (nSPS) is 11.0. The molecule has 94 valence electrons. The van der Waals surface area contributed by atoms with E-state index in [9.17, 15) is 5.26 Å². The van der Waals surface area contributed by atoms with Gasteiger partial charge in [-0.05, 0) is 34.6 Å². The minimum absolute atomic E-state index is 0.0900. The lowest BCUT2D eigenvalue weighted by atomic mass is 9.81. The quantitative estimate of drug-likeness (QED) is 0.572. The number of nitrogens with zero attached hydrogens (tertiary/aromatic N) is 1. The van der Waals surface area contributed by atoms with E-state index in [0.29, 0.717) is 16.8 Å². The number of fused-ring (bicyclic) bond motifs is 1. The number of benzene rings is 2. The van der Waals surface area contributed by atoms with Gasteiger partial charge in [-0.15, -0.1) is 6.42 Å². The van der Waals surface area contributed by atoms with Gasteiger partial charge in [0.05, 0.1) is 11.1 Å². The second-order valence-electron chi connectivity index (χ2n) is 5.66. The highest BCUT2D eigenvalue weighted by Crippen LogP contribution is 2.35. The van der Waals surface area contributed by atoms with E-state index < -0.39 is 0 Å². The maximum Gasteiger partial charge on any atom is 0.100 e. The fraction of sp³-hybridized carbons (Fsp3) is 0.235. The van der Waals surface area contributed by atoms with E-state index in [1.54, 1.807) is 6.07 Å². The molecule has 0 spiro atoms. The third-order valence-electron chi connectivity index (χ3n) is 3.21. The lowest BCUT2D eigenvalue weighted by Crippen LogP contribution is -2.13. The Bertz CT molecular complexity index is 735.